The van der Waals surface area contributed by atoms with Gasteiger partial charge in [0.1, 0.15) is 11.4 Å². The quantitative estimate of drug-likeness (QED) is 0.393. The summed E-state index contributed by atoms with van der Waals surface area (Å²) in [5.41, 5.74) is 3.04. The summed E-state index contributed by atoms with van der Waals surface area (Å²) in [6.07, 6.45) is -1.48. The molecule has 8 nitrogen and oxygen atoms in total. The van der Waals surface area contributed by atoms with Crippen LogP contribution in [0.5, 0.6) is 5.75 Å². The second-order valence-electron chi connectivity index (χ2n) is 11.5. The molecule has 3 aromatic rings. The molecule has 1 fully saturated rings. The average molecular weight is 593 g/mol. The van der Waals surface area contributed by atoms with Crippen molar-refractivity contribution in [2.45, 2.75) is 58.0 Å². The highest BCUT2D eigenvalue weighted by molar-refractivity contribution is 6.32. The molecule has 2 aliphatic heterocycles. The standard InChI is InChI=1S/C29H32ClF3N4O4/c1-28(2)17-36(24(38)16-35-10-7-18(8-11-35)13-25(39)40)15-22-26(28)20-4-3-9-34-27(20)37(22)14-19-5-6-23(21(30)12-19)41-29(31,32)33/h3-6,9,12,18H,7-8,10-11,13-17H2,1-2H3,(H,39,40). The van der Waals surface area contributed by atoms with E-state index in [9.17, 15) is 22.8 Å². The minimum atomic E-state index is -4.85. The molecule has 0 unspecified atom stereocenters. The van der Waals surface area contributed by atoms with Crippen LogP contribution in [0, 0.1) is 5.92 Å². The van der Waals surface area contributed by atoms with Crippen molar-refractivity contribution in [2.24, 2.45) is 5.92 Å². The summed E-state index contributed by atoms with van der Waals surface area (Å²) in [5.74, 6) is -1.11. The van der Waals surface area contributed by atoms with Crippen LogP contribution in [-0.4, -0.2) is 68.9 Å². The molecule has 4 heterocycles. The van der Waals surface area contributed by atoms with Gasteiger partial charge < -0.3 is 19.3 Å². The van der Waals surface area contributed by atoms with E-state index >= 15 is 0 Å². The predicted octanol–water partition coefficient (Wildman–Crippen LogP) is 5.44. The van der Waals surface area contributed by atoms with Crippen LogP contribution in [0.2, 0.25) is 5.02 Å². The summed E-state index contributed by atoms with van der Waals surface area (Å²) >= 11 is 6.14. The van der Waals surface area contributed by atoms with Gasteiger partial charge >= 0.3 is 12.3 Å². The Hall–Kier alpha value is -3.31. The number of aromatic nitrogens is 2. The molecule has 12 heteroatoms. The van der Waals surface area contributed by atoms with Gasteiger partial charge in [-0.1, -0.05) is 31.5 Å². The molecule has 1 amide bonds. The van der Waals surface area contributed by atoms with Crippen molar-refractivity contribution in [3.8, 4) is 5.75 Å². The third-order valence-electron chi connectivity index (χ3n) is 7.97. The fourth-order valence-corrected chi connectivity index (χ4v) is 6.45. The maximum absolute atomic E-state index is 13.5. The minimum Gasteiger partial charge on any atom is -0.481 e. The number of amides is 1. The zero-order valence-corrected chi connectivity index (χ0v) is 23.6. The van der Waals surface area contributed by atoms with E-state index in [1.807, 2.05) is 21.6 Å². The molecule has 5 rings (SSSR count). The third-order valence-corrected chi connectivity index (χ3v) is 8.27. The number of aliphatic carboxylic acids is 1. The number of nitrogens with zero attached hydrogens (tertiary/aromatic N) is 4. The van der Waals surface area contributed by atoms with Gasteiger partial charge in [-0.15, -0.1) is 13.2 Å². The van der Waals surface area contributed by atoms with Crippen LogP contribution in [0.4, 0.5) is 13.2 Å². The molecule has 2 aromatic heterocycles. The number of hydrogen-bond acceptors (Lipinski definition) is 5. The molecule has 0 spiro atoms. The maximum atomic E-state index is 13.5. The number of likely N-dealkylation sites (tertiary alicyclic amines) is 1. The van der Waals surface area contributed by atoms with E-state index in [1.54, 1.807) is 12.3 Å². The zero-order valence-electron chi connectivity index (χ0n) is 22.9. The molecule has 0 radical (unpaired) electrons. The third kappa shape index (κ3) is 6.46. The van der Waals surface area contributed by atoms with Gasteiger partial charge in [-0.05, 0) is 67.2 Å². The highest BCUT2D eigenvalue weighted by Crippen LogP contribution is 2.41. The van der Waals surface area contributed by atoms with Crippen molar-refractivity contribution >= 4 is 34.5 Å². The van der Waals surface area contributed by atoms with Gasteiger partial charge in [-0.25, -0.2) is 4.98 Å². The number of benzene rings is 1. The lowest BCUT2D eigenvalue weighted by molar-refractivity contribution is -0.274. The van der Waals surface area contributed by atoms with Gasteiger partial charge in [-0.3, -0.25) is 14.5 Å². The number of carboxylic acids is 1. The van der Waals surface area contributed by atoms with Gasteiger partial charge in [0.15, 0.2) is 0 Å². The maximum Gasteiger partial charge on any atom is 0.573 e. The molecular weight excluding hydrogens is 561 g/mol. The molecule has 1 N–H and O–H groups in total. The molecule has 220 valence electrons. The lowest BCUT2D eigenvalue weighted by Gasteiger charge is -2.40. The summed E-state index contributed by atoms with van der Waals surface area (Å²) in [5, 5.41) is 9.90. The average Bonchev–Trinajstić information content (AvgIpc) is 3.20. The van der Waals surface area contributed by atoms with E-state index in [4.69, 9.17) is 16.7 Å². The predicted molar refractivity (Wildman–Crippen MR) is 147 cm³/mol. The molecule has 0 bridgehead atoms. The van der Waals surface area contributed by atoms with Crippen LogP contribution in [0.25, 0.3) is 11.0 Å². The van der Waals surface area contributed by atoms with E-state index < -0.39 is 18.1 Å². The van der Waals surface area contributed by atoms with E-state index in [-0.39, 0.29) is 35.2 Å². The lowest BCUT2D eigenvalue weighted by atomic mass is 9.79. The Bertz CT molecular complexity index is 1460. The van der Waals surface area contributed by atoms with Crippen LogP contribution >= 0.6 is 11.6 Å². The van der Waals surface area contributed by atoms with E-state index in [1.165, 1.54) is 12.1 Å². The minimum absolute atomic E-state index is 0.00173. The Kier molecular flexibility index (Phi) is 7.95. The number of carbonyl (C=O) groups is 2. The summed E-state index contributed by atoms with van der Waals surface area (Å²) in [6, 6.07) is 8.07. The number of hydrogen-bond donors (Lipinski definition) is 1. The molecule has 1 saturated heterocycles. The lowest BCUT2D eigenvalue weighted by Crippen LogP contribution is -2.49. The van der Waals surface area contributed by atoms with E-state index in [0.717, 1.165) is 35.1 Å². The normalized spacial score (nSPS) is 18.0. The smallest absolute Gasteiger partial charge is 0.481 e. The highest BCUT2D eigenvalue weighted by Gasteiger charge is 2.39. The number of fused-ring (bicyclic) bond motifs is 3. The fourth-order valence-electron chi connectivity index (χ4n) is 6.20. The Balaban J connectivity index is 1.40. The van der Waals surface area contributed by atoms with Crippen molar-refractivity contribution in [1.82, 2.24) is 19.4 Å². The number of alkyl halides is 3. The number of pyridine rings is 1. The van der Waals surface area contributed by atoms with Gasteiger partial charge in [0, 0.05) is 42.2 Å². The number of rotatable bonds is 7. The SMILES string of the molecule is CC1(C)CN(C(=O)CN2CCC(CC(=O)O)CC2)Cc2c1c1cccnc1n2Cc1ccc(OC(F)(F)F)c(Cl)c1. The van der Waals surface area contributed by atoms with Gasteiger partial charge in [0.05, 0.1) is 18.1 Å². The van der Waals surface area contributed by atoms with Crippen molar-refractivity contribution in [1.29, 1.82) is 0 Å². The number of ether oxygens (including phenoxy) is 1. The van der Waals surface area contributed by atoms with Crippen molar-refractivity contribution in [3.63, 3.8) is 0 Å². The molecule has 2 aliphatic rings. The number of carbonyl (C=O) groups excluding carboxylic acids is 1. The second-order valence-corrected chi connectivity index (χ2v) is 12.0. The second kappa shape index (κ2) is 11.2. The number of halogens is 4. The highest BCUT2D eigenvalue weighted by atomic mass is 35.5. The van der Waals surface area contributed by atoms with E-state index in [2.05, 4.69) is 28.5 Å². The summed E-state index contributed by atoms with van der Waals surface area (Å²) in [4.78, 5) is 33.2. The molecule has 0 saturated carbocycles. The van der Waals surface area contributed by atoms with Crippen LogP contribution < -0.4 is 4.74 Å². The first-order chi connectivity index (χ1) is 19.3. The topological polar surface area (TPSA) is 87.9 Å². The fraction of sp³-hybridized carbons (Fsp3) is 0.483. The number of carboxylic acid groups (broad SMARTS) is 1. The molecule has 0 atom stereocenters. The first kappa shape index (κ1) is 29.2. The first-order valence-corrected chi connectivity index (χ1v) is 13.9. The first-order valence-electron chi connectivity index (χ1n) is 13.5. The van der Waals surface area contributed by atoms with Crippen molar-refractivity contribution in [3.05, 3.63) is 58.4 Å². The van der Waals surface area contributed by atoms with E-state index in [0.29, 0.717) is 38.3 Å². The van der Waals surface area contributed by atoms with Gasteiger partial charge in [-0.2, -0.15) is 0 Å². The Morgan fingerprint density at radius 3 is 2.59 bits per heavy atom. The van der Waals surface area contributed by atoms with Crippen molar-refractivity contribution in [2.75, 3.05) is 26.2 Å². The number of piperidine rings is 1. The van der Waals surface area contributed by atoms with Crippen LogP contribution in [0.1, 0.15) is 49.9 Å². The van der Waals surface area contributed by atoms with Crippen LogP contribution in [-0.2, 0) is 28.1 Å². The Morgan fingerprint density at radius 1 is 1.20 bits per heavy atom. The van der Waals surface area contributed by atoms with Gasteiger partial charge in [0.25, 0.3) is 0 Å². The largest absolute Gasteiger partial charge is 0.573 e. The summed E-state index contributed by atoms with van der Waals surface area (Å²) < 4.78 is 44.2. The van der Waals surface area contributed by atoms with Crippen molar-refractivity contribution < 1.29 is 32.6 Å². The Morgan fingerprint density at radius 2 is 1.93 bits per heavy atom. The Labute approximate surface area is 240 Å². The summed E-state index contributed by atoms with van der Waals surface area (Å²) in [7, 11) is 0. The van der Waals surface area contributed by atoms with Crippen LogP contribution in [0.3, 0.4) is 0 Å². The molecular formula is C29H32ClF3N4O4. The monoisotopic (exact) mass is 592 g/mol. The molecule has 0 aliphatic carbocycles. The molecule has 41 heavy (non-hydrogen) atoms. The van der Waals surface area contributed by atoms with Gasteiger partial charge in [0.2, 0.25) is 5.91 Å². The zero-order chi connectivity index (χ0) is 29.5. The van der Waals surface area contributed by atoms with Crippen LogP contribution in [0.15, 0.2) is 36.5 Å². The summed E-state index contributed by atoms with van der Waals surface area (Å²) in [6.45, 7) is 7.02. The molecule has 1 aromatic carbocycles.